The molecule has 6 rings (SSSR count). The van der Waals surface area contributed by atoms with Gasteiger partial charge in [-0.15, -0.1) is 0 Å². The number of hydrogen-bond acceptors (Lipinski definition) is 5. The average molecular weight is 510 g/mol. The van der Waals surface area contributed by atoms with Crippen LogP contribution in [0.4, 0.5) is 10.1 Å². The highest BCUT2D eigenvalue weighted by molar-refractivity contribution is 6.42. The second-order valence-electron chi connectivity index (χ2n) is 8.64. The van der Waals surface area contributed by atoms with Crippen molar-refractivity contribution in [1.29, 1.82) is 0 Å². The number of imide groups is 1. The summed E-state index contributed by atoms with van der Waals surface area (Å²) in [4.78, 5) is 55.8. The van der Waals surface area contributed by atoms with Gasteiger partial charge in [0.2, 0.25) is 29.0 Å². The van der Waals surface area contributed by atoms with Crippen LogP contribution in [0.5, 0.6) is 0 Å². The molecule has 3 aromatic carbocycles. The smallest absolute Gasteiger partial charge is 0.241 e. The third-order valence-corrected chi connectivity index (χ3v) is 7.62. The van der Waals surface area contributed by atoms with Gasteiger partial charge in [0.05, 0.1) is 33.7 Å². The van der Waals surface area contributed by atoms with E-state index in [1.165, 1.54) is 54.6 Å². The number of hydrogen-bond donors (Lipinski definition) is 0. The number of ether oxygens (including phenoxy) is 1. The van der Waals surface area contributed by atoms with Crippen molar-refractivity contribution in [3.8, 4) is 0 Å². The molecule has 0 aromatic heterocycles. The SMILES string of the molecule is O=C1[C@@H]2[C@@H](C(=O)N1c1ccc(Cl)c(Cl)c1)C1(O[C@H]2c2ccc(F)cc2)C(=O)c2ccccc2C1=O. The lowest BCUT2D eigenvalue weighted by Crippen LogP contribution is -2.51. The monoisotopic (exact) mass is 509 g/mol. The van der Waals surface area contributed by atoms with Gasteiger partial charge in [0, 0.05) is 11.1 Å². The van der Waals surface area contributed by atoms with Crippen LogP contribution in [0, 0.1) is 17.7 Å². The quantitative estimate of drug-likeness (QED) is 0.365. The lowest BCUT2D eigenvalue weighted by molar-refractivity contribution is -0.127. The van der Waals surface area contributed by atoms with Gasteiger partial charge >= 0.3 is 0 Å². The third kappa shape index (κ3) is 2.86. The molecule has 3 aliphatic rings. The van der Waals surface area contributed by atoms with Crippen LogP contribution in [-0.4, -0.2) is 29.0 Å². The number of benzene rings is 3. The normalized spacial score (nSPS) is 24.4. The van der Waals surface area contributed by atoms with Crippen molar-refractivity contribution >= 4 is 52.3 Å². The molecule has 1 spiro atoms. The van der Waals surface area contributed by atoms with Crippen LogP contribution in [0.25, 0.3) is 0 Å². The third-order valence-electron chi connectivity index (χ3n) is 6.88. The molecule has 2 saturated heterocycles. The Kier molecular flexibility index (Phi) is 4.77. The van der Waals surface area contributed by atoms with E-state index in [9.17, 15) is 23.6 Å². The average Bonchev–Trinajstić information content (AvgIpc) is 3.41. The first-order valence-corrected chi connectivity index (χ1v) is 11.5. The number of Topliss-reactive ketones (excluding diaryl/α,β-unsaturated/α-hetero) is 2. The van der Waals surface area contributed by atoms with Gasteiger partial charge in [-0.05, 0) is 35.9 Å². The maximum atomic E-state index is 13.8. The maximum absolute atomic E-state index is 13.8. The topological polar surface area (TPSA) is 80.8 Å². The van der Waals surface area contributed by atoms with Crippen LogP contribution in [0.1, 0.15) is 32.4 Å². The van der Waals surface area contributed by atoms with Gasteiger partial charge in [0.1, 0.15) is 5.82 Å². The van der Waals surface area contributed by atoms with E-state index in [4.69, 9.17) is 27.9 Å². The van der Waals surface area contributed by atoms with Gasteiger partial charge in [0.25, 0.3) is 0 Å². The Morgan fingerprint density at radius 2 is 1.43 bits per heavy atom. The molecule has 1 aliphatic carbocycles. The van der Waals surface area contributed by atoms with Crippen molar-refractivity contribution < 1.29 is 28.3 Å². The first kappa shape index (κ1) is 22.1. The summed E-state index contributed by atoms with van der Waals surface area (Å²) in [7, 11) is 0. The van der Waals surface area contributed by atoms with Gasteiger partial charge in [-0.1, -0.05) is 59.6 Å². The summed E-state index contributed by atoms with van der Waals surface area (Å²) in [5.41, 5.74) is -1.42. The highest BCUT2D eigenvalue weighted by Crippen LogP contribution is 2.57. The molecule has 3 atom stereocenters. The summed E-state index contributed by atoms with van der Waals surface area (Å²) < 4.78 is 19.8. The highest BCUT2D eigenvalue weighted by Gasteiger charge is 2.74. The van der Waals surface area contributed by atoms with Crippen LogP contribution >= 0.6 is 23.2 Å². The van der Waals surface area contributed by atoms with Crippen molar-refractivity contribution in [3.05, 3.63) is 99.3 Å². The van der Waals surface area contributed by atoms with Gasteiger partial charge in [-0.2, -0.15) is 0 Å². The fraction of sp³-hybridized carbons (Fsp3) is 0.154. The largest absolute Gasteiger partial charge is 0.349 e. The van der Waals surface area contributed by atoms with E-state index in [0.29, 0.717) is 5.56 Å². The molecular formula is C26H14Cl2FNO5. The number of carbonyl (C=O) groups excluding carboxylic acids is 4. The second kappa shape index (κ2) is 7.55. The number of amides is 2. The Labute approximate surface area is 208 Å². The lowest BCUT2D eigenvalue weighted by Gasteiger charge is -2.27. The molecule has 2 aliphatic heterocycles. The number of ketones is 2. The molecule has 0 saturated carbocycles. The van der Waals surface area contributed by atoms with Gasteiger partial charge in [0.15, 0.2) is 0 Å². The summed E-state index contributed by atoms with van der Waals surface area (Å²) in [5.74, 6) is -5.86. The van der Waals surface area contributed by atoms with Gasteiger partial charge in [-0.25, -0.2) is 9.29 Å². The van der Waals surface area contributed by atoms with E-state index >= 15 is 0 Å². The molecule has 0 bridgehead atoms. The second-order valence-corrected chi connectivity index (χ2v) is 9.46. The number of rotatable bonds is 2. The van der Waals surface area contributed by atoms with Crippen molar-refractivity contribution in [2.24, 2.45) is 11.8 Å². The van der Waals surface area contributed by atoms with Crippen LogP contribution in [0.3, 0.4) is 0 Å². The Morgan fingerprint density at radius 3 is 2.03 bits per heavy atom. The highest BCUT2D eigenvalue weighted by atomic mass is 35.5. The van der Waals surface area contributed by atoms with E-state index in [-0.39, 0.29) is 26.9 Å². The molecule has 2 fully saturated rings. The number of anilines is 1. The Bertz CT molecular complexity index is 1440. The predicted octanol–water partition coefficient (Wildman–Crippen LogP) is 4.83. The van der Waals surface area contributed by atoms with E-state index in [1.807, 2.05) is 0 Å². The molecule has 6 nitrogen and oxygen atoms in total. The van der Waals surface area contributed by atoms with Crippen LogP contribution in [0.15, 0.2) is 66.7 Å². The van der Waals surface area contributed by atoms with Gasteiger partial charge in [-0.3, -0.25) is 19.2 Å². The Balaban J connectivity index is 1.54. The molecule has 2 amide bonds. The minimum absolute atomic E-state index is 0.128. The van der Waals surface area contributed by atoms with E-state index in [1.54, 1.807) is 12.1 Å². The number of carbonyl (C=O) groups is 4. The molecule has 174 valence electrons. The lowest BCUT2D eigenvalue weighted by atomic mass is 9.77. The van der Waals surface area contributed by atoms with E-state index in [0.717, 1.165) is 4.90 Å². The van der Waals surface area contributed by atoms with Crippen molar-refractivity contribution in [1.82, 2.24) is 0 Å². The summed E-state index contributed by atoms with van der Waals surface area (Å²) in [6, 6.07) is 15.7. The fourth-order valence-electron chi connectivity index (χ4n) is 5.35. The predicted molar refractivity (Wildman–Crippen MR) is 124 cm³/mol. The number of fused-ring (bicyclic) bond motifs is 3. The van der Waals surface area contributed by atoms with Crippen LogP contribution in [-0.2, 0) is 14.3 Å². The van der Waals surface area contributed by atoms with Crippen molar-refractivity contribution in [2.75, 3.05) is 4.90 Å². The van der Waals surface area contributed by atoms with E-state index < -0.39 is 52.7 Å². The Hall–Kier alpha value is -3.39. The molecule has 3 aromatic rings. The summed E-state index contributed by atoms with van der Waals surface area (Å²) >= 11 is 12.1. The van der Waals surface area contributed by atoms with Gasteiger partial charge < -0.3 is 4.74 Å². The molecule has 0 unspecified atom stereocenters. The summed E-state index contributed by atoms with van der Waals surface area (Å²) in [5, 5.41) is 0.360. The summed E-state index contributed by atoms with van der Waals surface area (Å²) in [6.07, 6.45) is -1.13. The van der Waals surface area contributed by atoms with Crippen LogP contribution < -0.4 is 4.90 Å². The fourth-order valence-corrected chi connectivity index (χ4v) is 5.64. The first-order chi connectivity index (χ1) is 16.8. The first-order valence-electron chi connectivity index (χ1n) is 10.7. The number of nitrogens with zero attached hydrogens (tertiary/aromatic N) is 1. The van der Waals surface area contributed by atoms with Crippen LogP contribution in [0.2, 0.25) is 10.0 Å². The standard InChI is InChI=1S/C26H14Cl2FNO5/c27-17-10-9-14(11-18(17)28)30-24(33)19-20(25(30)34)26(35-21(19)12-5-7-13(29)8-6-12)22(31)15-3-1-2-4-16(15)23(26)32/h1-11,19-21H/t19-,20+,21+/m1/s1. The molecule has 9 heteroatoms. The molecule has 35 heavy (non-hydrogen) atoms. The zero-order chi connectivity index (χ0) is 24.6. The molecular weight excluding hydrogens is 496 g/mol. The number of halogens is 3. The summed E-state index contributed by atoms with van der Waals surface area (Å²) in [6.45, 7) is 0. The van der Waals surface area contributed by atoms with Crippen molar-refractivity contribution in [3.63, 3.8) is 0 Å². The maximum Gasteiger partial charge on any atom is 0.241 e. The zero-order valence-corrected chi connectivity index (χ0v) is 19.2. The Morgan fingerprint density at radius 1 is 0.800 bits per heavy atom. The minimum Gasteiger partial charge on any atom is -0.349 e. The molecule has 2 heterocycles. The zero-order valence-electron chi connectivity index (χ0n) is 17.7. The van der Waals surface area contributed by atoms with E-state index in [2.05, 4.69) is 0 Å². The molecule has 0 radical (unpaired) electrons. The van der Waals surface area contributed by atoms with Crippen molar-refractivity contribution in [2.45, 2.75) is 11.7 Å². The molecule has 0 N–H and O–H groups in total. The minimum atomic E-state index is -2.20.